The summed E-state index contributed by atoms with van der Waals surface area (Å²) < 4.78 is 13.4. The summed E-state index contributed by atoms with van der Waals surface area (Å²) in [7, 11) is 0. The highest BCUT2D eigenvalue weighted by molar-refractivity contribution is 6.35. The van der Waals surface area contributed by atoms with E-state index in [4.69, 9.17) is 23.2 Å². The first-order valence-corrected chi connectivity index (χ1v) is 6.46. The lowest BCUT2D eigenvalue weighted by molar-refractivity contribution is 0.0992. The van der Waals surface area contributed by atoms with Crippen LogP contribution in [0.4, 0.5) is 4.39 Å². The van der Waals surface area contributed by atoms with Crippen LogP contribution in [-0.2, 0) is 6.42 Å². The number of rotatable bonds is 3. The minimum absolute atomic E-state index is 0.124. The summed E-state index contributed by atoms with van der Waals surface area (Å²) in [4.78, 5) is 12.1. The maximum atomic E-state index is 13.4. The first kappa shape index (κ1) is 14.0. The standard InChI is InChI=1S/C15H11Cl2FO/c1-9-2-3-11(6-14(9)18)15(19)7-10-4-5-12(16)8-13(10)17/h2-6,8H,7H2,1H3. The number of ketones is 1. The molecule has 4 heteroatoms. The molecule has 2 rings (SSSR count). The molecule has 0 aliphatic carbocycles. The predicted molar refractivity (Wildman–Crippen MR) is 75.6 cm³/mol. The van der Waals surface area contributed by atoms with Crippen molar-refractivity contribution >= 4 is 29.0 Å². The van der Waals surface area contributed by atoms with E-state index in [-0.39, 0.29) is 18.0 Å². The molecule has 0 radical (unpaired) electrons. The Morgan fingerprint density at radius 1 is 1.16 bits per heavy atom. The summed E-state index contributed by atoms with van der Waals surface area (Å²) in [6.07, 6.45) is 0.124. The highest BCUT2D eigenvalue weighted by atomic mass is 35.5. The van der Waals surface area contributed by atoms with Crippen LogP contribution in [0, 0.1) is 12.7 Å². The molecule has 0 spiro atoms. The Balaban J connectivity index is 2.23. The molecule has 0 saturated carbocycles. The lowest BCUT2D eigenvalue weighted by Crippen LogP contribution is -2.05. The molecule has 0 unspecified atom stereocenters. The maximum Gasteiger partial charge on any atom is 0.167 e. The molecule has 0 fully saturated rings. The largest absolute Gasteiger partial charge is 0.294 e. The van der Waals surface area contributed by atoms with Crippen LogP contribution in [0.25, 0.3) is 0 Å². The predicted octanol–water partition coefficient (Wildman–Crippen LogP) is 4.87. The van der Waals surface area contributed by atoms with Crippen LogP contribution in [0.5, 0.6) is 0 Å². The monoisotopic (exact) mass is 296 g/mol. The topological polar surface area (TPSA) is 17.1 Å². The molecule has 0 N–H and O–H groups in total. The zero-order chi connectivity index (χ0) is 14.0. The number of hydrogen-bond acceptors (Lipinski definition) is 1. The number of benzene rings is 2. The first-order chi connectivity index (χ1) is 8.97. The van der Waals surface area contributed by atoms with E-state index in [0.717, 1.165) is 0 Å². The van der Waals surface area contributed by atoms with Gasteiger partial charge in [-0.2, -0.15) is 0 Å². The van der Waals surface area contributed by atoms with Crippen LogP contribution < -0.4 is 0 Å². The van der Waals surface area contributed by atoms with Crippen molar-refractivity contribution in [2.45, 2.75) is 13.3 Å². The summed E-state index contributed by atoms with van der Waals surface area (Å²) in [5.74, 6) is -0.559. The number of hydrogen-bond donors (Lipinski definition) is 0. The number of carbonyl (C=O) groups excluding carboxylic acids is 1. The Kier molecular flexibility index (Phi) is 4.23. The third-order valence-corrected chi connectivity index (χ3v) is 3.45. The Hall–Kier alpha value is -1.38. The lowest BCUT2D eigenvalue weighted by atomic mass is 10.0. The van der Waals surface area contributed by atoms with Gasteiger partial charge in [0, 0.05) is 22.0 Å². The van der Waals surface area contributed by atoms with Gasteiger partial charge in [-0.25, -0.2) is 4.39 Å². The van der Waals surface area contributed by atoms with Crippen LogP contribution in [0.2, 0.25) is 10.0 Å². The van der Waals surface area contributed by atoms with Crippen LogP contribution >= 0.6 is 23.2 Å². The minimum atomic E-state index is -0.381. The molecular formula is C15H11Cl2FO. The fourth-order valence-corrected chi connectivity index (χ4v) is 2.18. The molecule has 98 valence electrons. The van der Waals surface area contributed by atoms with Gasteiger partial charge >= 0.3 is 0 Å². The Morgan fingerprint density at radius 3 is 2.53 bits per heavy atom. The van der Waals surface area contributed by atoms with Crippen molar-refractivity contribution in [2.24, 2.45) is 0 Å². The van der Waals surface area contributed by atoms with Crippen molar-refractivity contribution in [1.29, 1.82) is 0 Å². The van der Waals surface area contributed by atoms with Crippen molar-refractivity contribution in [3.8, 4) is 0 Å². The highest BCUT2D eigenvalue weighted by Gasteiger charge is 2.11. The molecule has 0 aliphatic rings. The van der Waals surface area contributed by atoms with E-state index in [1.54, 1.807) is 37.3 Å². The van der Waals surface area contributed by atoms with E-state index in [2.05, 4.69) is 0 Å². The van der Waals surface area contributed by atoms with Crippen molar-refractivity contribution < 1.29 is 9.18 Å². The summed E-state index contributed by atoms with van der Waals surface area (Å²) in [5.41, 5.74) is 1.53. The molecule has 0 aliphatic heterocycles. The van der Waals surface area contributed by atoms with E-state index in [1.165, 1.54) is 6.07 Å². The average molecular weight is 297 g/mol. The smallest absolute Gasteiger partial charge is 0.167 e. The van der Waals surface area contributed by atoms with Gasteiger partial charge in [0.1, 0.15) is 5.82 Å². The molecule has 19 heavy (non-hydrogen) atoms. The molecule has 0 saturated heterocycles. The summed E-state index contributed by atoms with van der Waals surface area (Å²) in [6, 6.07) is 9.42. The molecule has 0 aromatic heterocycles. The molecule has 0 atom stereocenters. The normalized spacial score (nSPS) is 10.5. The van der Waals surface area contributed by atoms with Gasteiger partial charge in [-0.05, 0) is 36.2 Å². The average Bonchev–Trinajstić information content (AvgIpc) is 2.36. The van der Waals surface area contributed by atoms with Crippen molar-refractivity contribution in [3.63, 3.8) is 0 Å². The molecular weight excluding hydrogens is 286 g/mol. The van der Waals surface area contributed by atoms with Gasteiger partial charge < -0.3 is 0 Å². The van der Waals surface area contributed by atoms with E-state index in [0.29, 0.717) is 26.7 Å². The van der Waals surface area contributed by atoms with Crippen LogP contribution in [-0.4, -0.2) is 5.78 Å². The van der Waals surface area contributed by atoms with E-state index in [9.17, 15) is 9.18 Å². The molecule has 0 heterocycles. The summed E-state index contributed by atoms with van der Waals surface area (Å²) >= 11 is 11.8. The number of Topliss-reactive ketones (excluding diaryl/α,β-unsaturated/α-hetero) is 1. The number of halogens is 3. The van der Waals surface area contributed by atoms with Gasteiger partial charge in [-0.3, -0.25) is 4.79 Å². The summed E-state index contributed by atoms with van der Waals surface area (Å²) in [5, 5.41) is 0.955. The van der Waals surface area contributed by atoms with Crippen LogP contribution in [0.1, 0.15) is 21.5 Å². The van der Waals surface area contributed by atoms with Gasteiger partial charge in [0.2, 0.25) is 0 Å². The summed E-state index contributed by atoms with van der Waals surface area (Å²) in [6.45, 7) is 1.65. The van der Waals surface area contributed by atoms with Crippen molar-refractivity contribution in [3.05, 3.63) is 69.0 Å². The van der Waals surface area contributed by atoms with Gasteiger partial charge in [0.05, 0.1) is 0 Å². The third-order valence-electron chi connectivity index (χ3n) is 2.86. The second-order valence-electron chi connectivity index (χ2n) is 4.30. The van der Waals surface area contributed by atoms with Gasteiger partial charge in [0.25, 0.3) is 0 Å². The fraction of sp³-hybridized carbons (Fsp3) is 0.133. The minimum Gasteiger partial charge on any atom is -0.294 e. The van der Waals surface area contributed by atoms with Crippen molar-refractivity contribution in [2.75, 3.05) is 0 Å². The zero-order valence-electron chi connectivity index (χ0n) is 10.2. The Morgan fingerprint density at radius 2 is 1.89 bits per heavy atom. The lowest BCUT2D eigenvalue weighted by Gasteiger charge is -2.05. The quantitative estimate of drug-likeness (QED) is 0.739. The highest BCUT2D eigenvalue weighted by Crippen LogP contribution is 2.22. The number of aryl methyl sites for hydroxylation is 1. The zero-order valence-corrected chi connectivity index (χ0v) is 11.7. The molecule has 0 bridgehead atoms. The van der Waals surface area contributed by atoms with Crippen molar-refractivity contribution in [1.82, 2.24) is 0 Å². The Labute approximate surface area is 121 Å². The van der Waals surface area contributed by atoms with Crippen LogP contribution in [0.3, 0.4) is 0 Å². The maximum absolute atomic E-state index is 13.4. The first-order valence-electron chi connectivity index (χ1n) is 5.70. The molecule has 1 nitrogen and oxygen atoms in total. The van der Waals surface area contributed by atoms with Gasteiger partial charge in [-0.1, -0.05) is 41.4 Å². The Bertz CT molecular complexity index is 638. The van der Waals surface area contributed by atoms with E-state index < -0.39 is 0 Å². The molecule has 2 aromatic rings. The second kappa shape index (κ2) is 5.72. The van der Waals surface area contributed by atoms with Gasteiger partial charge in [0.15, 0.2) is 5.78 Å². The molecule has 0 amide bonds. The fourth-order valence-electron chi connectivity index (χ4n) is 1.71. The molecule has 2 aromatic carbocycles. The number of carbonyl (C=O) groups is 1. The second-order valence-corrected chi connectivity index (χ2v) is 5.14. The van der Waals surface area contributed by atoms with Gasteiger partial charge in [-0.15, -0.1) is 0 Å². The SMILES string of the molecule is Cc1ccc(C(=O)Cc2ccc(Cl)cc2Cl)cc1F. The van der Waals surface area contributed by atoms with E-state index in [1.807, 2.05) is 0 Å². The van der Waals surface area contributed by atoms with Crippen LogP contribution in [0.15, 0.2) is 36.4 Å². The van der Waals surface area contributed by atoms with E-state index >= 15 is 0 Å². The third kappa shape index (κ3) is 3.34.